The second-order valence-corrected chi connectivity index (χ2v) is 6.09. The highest BCUT2D eigenvalue weighted by molar-refractivity contribution is 9.10. The number of carbonyl (C=O) groups is 2. The van der Waals surface area contributed by atoms with Crippen LogP contribution in [0, 0.1) is 5.92 Å². The summed E-state index contributed by atoms with van der Waals surface area (Å²) in [4.78, 5) is 23.3. The predicted octanol–water partition coefficient (Wildman–Crippen LogP) is 2.95. The zero-order valence-corrected chi connectivity index (χ0v) is 13.2. The van der Waals surface area contributed by atoms with Gasteiger partial charge in [-0.2, -0.15) is 0 Å². The molecule has 108 valence electrons. The van der Waals surface area contributed by atoms with E-state index in [9.17, 15) is 9.59 Å². The van der Waals surface area contributed by atoms with Crippen LogP contribution in [0.4, 0.5) is 0 Å². The summed E-state index contributed by atoms with van der Waals surface area (Å²) in [5.41, 5.74) is 0.483. The first-order chi connectivity index (χ1) is 9.47. The summed E-state index contributed by atoms with van der Waals surface area (Å²) < 4.78 is 6.29. The Morgan fingerprint density at radius 1 is 1.45 bits per heavy atom. The van der Waals surface area contributed by atoms with E-state index in [4.69, 9.17) is 4.74 Å². The molecule has 1 N–H and O–H groups in total. The van der Waals surface area contributed by atoms with Gasteiger partial charge >= 0.3 is 0 Å². The van der Waals surface area contributed by atoms with E-state index >= 15 is 0 Å². The number of rotatable bonds is 6. The van der Waals surface area contributed by atoms with Crippen LogP contribution in [0.3, 0.4) is 0 Å². The van der Waals surface area contributed by atoms with E-state index in [1.54, 1.807) is 18.2 Å². The number of ketones is 1. The SMILES string of the molecule is CC(=O)c1ccc(Br)cc1OCC(=O)N[C@@H](C)C1CC1. The lowest BCUT2D eigenvalue weighted by atomic mass is 10.1. The Hall–Kier alpha value is -1.36. The average molecular weight is 340 g/mol. The van der Waals surface area contributed by atoms with Crippen LogP contribution in [0.15, 0.2) is 22.7 Å². The molecule has 1 fully saturated rings. The van der Waals surface area contributed by atoms with Gasteiger partial charge in [0.15, 0.2) is 12.4 Å². The van der Waals surface area contributed by atoms with E-state index in [1.165, 1.54) is 19.8 Å². The molecule has 2 rings (SSSR count). The molecule has 0 unspecified atom stereocenters. The Labute approximate surface area is 127 Å². The summed E-state index contributed by atoms with van der Waals surface area (Å²) in [5, 5.41) is 2.91. The Morgan fingerprint density at radius 2 is 2.15 bits per heavy atom. The minimum absolute atomic E-state index is 0.0756. The van der Waals surface area contributed by atoms with Crippen molar-refractivity contribution in [3.8, 4) is 5.75 Å². The molecule has 1 aliphatic rings. The van der Waals surface area contributed by atoms with Gasteiger partial charge in [0.25, 0.3) is 5.91 Å². The fraction of sp³-hybridized carbons (Fsp3) is 0.467. The molecule has 1 aromatic rings. The van der Waals surface area contributed by atoms with Crippen molar-refractivity contribution >= 4 is 27.6 Å². The third-order valence-electron chi connectivity index (χ3n) is 3.40. The zero-order chi connectivity index (χ0) is 14.7. The van der Waals surface area contributed by atoms with Crippen molar-refractivity contribution in [3.05, 3.63) is 28.2 Å². The van der Waals surface area contributed by atoms with Gasteiger partial charge in [-0.05, 0) is 50.8 Å². The molecule has 1 aliphatic carbocycles. The van der Waals surface area contributed by atoms with Crippen LogP contribution < -0.4 is 10.1 Å². The maximum atomic E-state index is 11.8. The molecular formula is C15H18BrNO3. The number of carbonyl (C=O) groups excluding carboxylic acids is 2. The molecular weight excluding hydrogens is 322 g/mol. The predicted molar refractivity (Wildman–Crippen MR) is 80.0 cm³/mol. The number of amides is 1. The fourth-order valence-electron chi connectivity index (χ4n) is 2.06. The first-order valence-electron chi connectivity index (χ1n) is 6.70. The van der Waals surface area contributed by atoms with E-state index < -0.39 is 0 Å². The van der Waals surface area contributed by atoms with Crippen LogP contribution >= 0.6 is 15.9 Å². The van der Waals surface area contributed by atoms with Crippen molar-refractivity contribution < 1.29 is 14.3 Å². The van der Waals surface area contributed by atoms with Crippen molar-refractivity contribution in [2.75, 3.05) is 6.61 Å². The summed E-state index contributed by atoms with van der Waals surface area (Å²) in [7, 11) is 0. The fourth-order valence-corrected chi connectivity index (χ4v) is 2.40. The monoisotopic (exact) mass is 339 g/mol. The van der Waals surface area contributed by atoms with Gasteiger partial charge < -0.3 is 10.1 Å². The molecule has 0 saturated heterocycles. The van der Waals surface area contributed by atoms with Crippen LogP contribution in [-0.4, -0.2) is 24.3 Å². The number of nitrogens with one attached hydrogen (secondary N) is 1. The summed E-state index contributed by atoms with van der Waals surface area (Å²) in [6.07, 6.45) is 2.37. The number of ether oxygens (including phenoxy) is 1. The van der Waals surface area contributed by atoms with Gasteiger partial charge in [0.1, 0.15) is 5.75 Å². The number of halogens is 1. The smallest absolute Gasteiger partial charge is 0.258 e. The van der Waals surface area contributed by atoms with Gasteiger partial charge in [0.05, 0.1) is 5.56 Å². The van der Waals surface area contributed by atoms with Crippen molar-refractivity contribution in [3.63, 3.8) is 0 Å². The van der Waals surface area contributed by atoms with Crippen LogP contribution in [0.5, 0.6) is 5.75 Å². The lowest BCUT2D eigenvalue weighted by Crippen LogP contribution is -2.37. The standard InChI is InChI=1S/C15H18BrNO3/c1-9(11-3-4-11)17-15(19)8-20-14-7-12(16)5-6-13(14)10(2)18/h5-7,9,11H,3-4,8H2,1-2H3,(H,17,19)/t9-/m0/s1. The maximum absolute atomic E-state index is 11.8. The molecule has 5 heteroatoms. The molecule has 1 saturated carbocycles. The van der Waals surface area contributed by atoms with Gasteiger partial charge in [-0.15, -0.1) is 0 Å². The largest absolute Gasteiger partial charge is 0.483 e. The van der Waals surface area contributed by atoms with E-state index in [1.807, 2.05) is 6.92 Å². The molecule has 0 spiro atoms. The summed E-state index contributed by atoms with van der Waals surface area (Å²) in [6.45, 7) is 3.41. The van der Waals surface area contributed by atoms with Crippen LogP contribution in [0.2, 0.25) is 0 Å². The summed E-state index contributed by atoms with van der Waals surface area (Å²) in [6, 6.07) is 5.36. The second-order valence-electron chi connectivity index (χ2n) is 5.18. The molecule has 1 amide bonds. The van der Waals surface area contributed by atoms with Gasteiger partial charge in [-0.1, -0.05) is 15.9 Å². The van der Waals surface area contributed by atoms with Crippen molar-refractivity contribution in [2.24, 2.45) is 5.92 Å². The van der Waals surface area contributed by atoms with Crippen LogP contribution in [-0.2, 0) is 4.79 Å². The zero-order valence-electron chi connectivity index (χ0n) is 11.6. The highest BCUT2D eigenvalue weighted by Crippen LogP contribution is 2.32. The Balaban J connectivity index is 1.94. The number of hydrogen-bond donors (Lipinski definition) is 1. The molecule has 0 bridgehead atoms. The van der Waals surface area contributed by atoms with Crippen molar-refractivity contribution in [1.29, 1.82) is 0 Å². The van der Waals surface area contributed by atoms with E-state index in [0.717, 1.165) is 4.47 Å². The van der Waals surface area contributed by atoms with Gasteiger partial charge in [-0.3, -0.25) is 9.59 Å². The number of hydrogen-bond acceptors (Lipinski definition) is 3. The summed E-state index contributed by atoms with van der Waals surface area (Å²) in [5.74, 6) is 0.803. The Bertz CT molecular complexity index is 526. The molecule has 0 radical (unpaired) electrons. The second kappa shape index (κ2) is 6.39. The van der Waals surface area contributed by atoms with E-state index in [0.29, 0.717) is 17.2 Å². The normalized spacial score (nSPS) is 15.6. The first kappa shape index (κ1) is 15.0. The third-order valence-corrected chi connectivity index (χ3v) is 3.89. The summed E-state index contributed by atoms with van der Waals surface area (Å²) >= 11 is 3.33. The molecule has 20 heavy (non-hydrogen) atoms. The maximum Gasteiger partial charge on any atom is 0.258 e. The molecule has 0 heterocycles. The molecule has 1 aromatic carbocycles. The lowest BCUT2D eigenvalue weighted by Gasteiger charge is -2.14. The van der Waals surface area contributed by atoms with Gasteiger partial charge in [0, 0.05) is 10.5 Å². The molecule has 1 atom stereocenters. The first-order valence-corrected chi connectivity index (χ1v) is 7.49. The van der Waals surface area contributed by atoms with Gasteiger partial charge in [-0.25, -0.2) is 0 Å². The molecule has 0 aromatic heterocycles. The molecule has 4 nitrogen and oxygen atoms in total. The van der Waals surface area contributed by atoms with Crippen molar-refractivity contribution in [2.45, 2.75) is 32.7 Å². The highest BCUT2D eigenvalue weighted by atomic mass is 79.9. The highest BCUT2D eigenvalue weighted by Gasteiger charge is 2.28. The Kier molecular flexibility index (Phi) is 4.81. The topological polar surface area (TPSA) is 55.4 Å². The average Bonchev–Trinajstić information content (AvgIpc) is 3.20. The van der Waals surface area contributed by atoms with Crippen LogP contribution in [0.25, 0.3) is 0 Å². The van der Waals surface area contributed by atoms with E-state index in [2.05, 4.69) is 21.2 Å². The van der Waals surface area contributed by atoms with Crippen molar-refractivity contribution in [1.82, 2.24) is 5.32 Å². The minimum Gasteiger partial charge on any atom is -0.483 e. The van der Waals surface area contributed by atoms with E-state index in [-0.39, 0.29) is 24.3 Å². The quantitative estimate of drug-likeness (QED) is 0.810. The minimum atomic E-state index is -0.154. The van der Waals surface area contributed by atoms with Gasteiger partial charge in [0.2, 0.25) is 0 Å². The lowest BCUT2D eigenvalue weighted by molar-refractivity contribution is -0.123. The Morgan fingerprint density at radius 3 is 2.75 bits per heavy atom. The number of Topliss-reactive ketones (excluding diaryl/α,β-unsaturated/α-hetero) is 1. The van der Waals surface area contributed by atoms with Crippen LogP contribution in [0.1, 0.15) is 37.0 Å². The number of benzene rings is 1. The third kappa shape index (κ3) is 4.07. The molecule has 0 aliphatic heterocycles.